The van der Waals surface area contributed by atoms with Crippen molar-refractivity contribution in [3.05, 3.63) is 58.3 Å². The minimum atomic E-state index is -2.24. The van der Waals surface area contributed by atoms with Crippen molar-refractivity contribution < 1.29 is 158 Å². The number of hydrogen-bond acceptors (Lipinski definition) is 33. The lowest BCUT2D eigenvalue weighted by Crippen LogP contribution is -2.67. The standard InChI is InChI=1S/C53H66O33/c1-15-31(62)37(68)42(73)50(77-15)81-28-14-76-49(41(72)35(28)66)83-45-23(59)8-18(9-24(45)60)44-46(36(67)30-22(58)10-19(55)11-25(30)79-44)84-52-47(39(70)32(63)16(2)78-52)86-53-48(85-51-43(74)38(69)33(64)26(12-54)80-51)40(71)34(65)27(82-53)13-75-29(61)6-4-17-3-5-20(56)21(57)7-17/h3,5,7-11,15-16,26-28,31-35,37-43,47-60,62-66,68-74H,4,6,12-14H2,1-2H3/t15-,16-,26+,27+,28+,31-,32-,33+,34+,35-,37+,38-,39+,40-,41+,42+,43+,47+,48+,49-,50-,51-,52-,53-/m0/s1. The van der Waals surface area contributed by atoms with Crippen LogP contribution in [-0.4, -0.2) is 270 Å². The fourth-order valence-corrected chi connectivity index (χ4v) is 10.2. The molecular formula is C53H66O33. The average Bonchev–Trinajstić information content (AvgIpc) is 1.01. The maximum atomic E-state index is 14.7. The number of hydrogen-bond donors (Lipinski definition) is 19. The summed E-state index contributed by atoms with van der Waals surface area (Å²) in [4.78, 5) is 27.7. The van der Waals surface area contributed by atoms with E-state index in [0.717, 1.165) is 24.3 Å². The van der Waals surface area contributed by atoms with Crippen LogP contribution in [0.15, 0.2) is 51.7 Å². The molecule has 9 rings (SSSR count). The monoisotopic (exact) mass is 1230 g/mol. The highest BCUT2D eigenvalue weighted by Crippen LogP contribution is 2.46. The van der Waals surface area contributed by atoms with Crippen LogP contribution in [0.4, 0.5) is 0 Å². The van der Waals surface area contributed by atoms with Crippen LogP contribution in [0.5, 0.6) is 46.0 Å². The molecule has 0 radical (unpaired) electrons. The molecule has 19 N–H and O–H groups in total. The maximum Gasteiger partial charge on any atom is 0.306 e. The number of aliphatic hydroxyl groups is 13. The van der Waals surface area contributed by atoms with Gasteiger partial charge in [-0.1, -0.05) is 6.07 Å². The van der Waals surface area contributed by atoms with Crippen molar-refractivity contribution in [1.29, 1.82) is 0 Å². The Morgan fingerprint density at radius 1 is 0.535 bits per heavy atom. The molecule has 33 nitrogen and oxygen atoms in total. The zero-order chi connectivity index (χ0) is 62.5. The molecule has 3 aromatic carbocycles. The van der Waals surface area contributed by atoms with Gasteiger partial charge < -0.3 is 154 Å². The number of esters is 1. The lowest BCUT2D eigenvalue weighted by Gasteiger charge is -2.48. The zero-order valence-corrected chi connectivity index (χ0v) is 45.1. The number of carbonyl (C=O) groups excluding carboxylic acids is 1. The van der Waals surface area contributed by atoms with Crippen LogP contribution in [-0.2, 0) is 53.8 Å². The number of fused-ring (bicyclic) bond motifs is 1. The topological polar surface area (TPSA) is 533 Å². The molecule has 5 saturated heterocycles. The Hall–Kier alpha value is -6.10. The van der Waals surface area contributed by atoms with E-state index in [1.54, 1.807) is 0 Å². The molecule has 4 aromatic rings. The number of aliphatic hydroxyl groups excluding tert-OH is 13. The first-order chi connectivity index (χ1) is 40.7. The van der Waals surface area contributed by atoms with Gasteiger partial charge >= 0.3 is 5.97 Å². The van der Waals surface area contributed by atoms with Crippen LogP contribution in [0.25, 0.3) is 22.3 Å². The molecule has 0 bridgehead atoms. The van der Waals surface area contributed by atoms with Crippen LogP contribution in [0, 0.1) is 0 Å². The predicted molar refractivity (Wildman–Crippen MR) is 274 cm³/mol. The van der Waals surface area contributed by atoms with Crippen LogP contribution in [0.3, 0.4) is 0 Å². The Balaban J connectivity index is 1.01. The number of ether oxygens (including phenoxy) is 11. The molecule has 0 aliphatic carbocycles. The van der Waals surface area contributed by atoms with Crippen molar-refractivity contribution in [3.63, 3.8) is 0 Å². The van der Waals surface area contributed by atoms with Gasteiger partial charge in [0.1, 0.15) is 127 Å². The van der Waals surface area contributed by atoms with E-state index in [2.05, 4.69) is 0 Å². The molecule has 0 unspecified atom stereocenters. The molecule has 5 aliphatic rings. The molecule has 5 fully saturated rings. The SMILES string of the molecule is C[C@@H]1O[C@@H](O[C@@H]2CO[C@@H](Oc3c(O)cc(-c4oc5cc(O)cc(O)c5c(=O)c4O[C@@H]4O[C@@H](C)[C@H](O)[C@@H](O)[C@H]4O[C@@H]4O[C@H](COC(=O)CCc5ccc(O)c(O)c5)[C@@H](O)[C@H](O)[C@H]4O[C@@H]4O[C@H](CO)[C@@H](O)[C@H](O)[C@H]4O)cc3O)[C@H](O)[C@H]2O)[C@H](O)[C@H](O)[C@H]1O. The van der Waals surface area contributed by atoms with Gasteiger partial charge in [0.25, 0.3) is 0 Å². The van der Waals surface area contributed by atoms with E-state index < -0.39 is 247 Å². The van der Waals surface area contributed by atoms with Crippen molar-refractivity contribution in [3.8, 4) is 57.3 Å². The van der Waals surface area contributed by atoms with Crippen LogP contribution in [0.1, 0.15) is 25.8 Å². The third-order valence-electron chi connectivity index (χ3n) is 15.2. The lowest BCUT2D eigenvalue weighted by molar-refractivity contribution is -0.388. The quantitative estimate of drug-likeness (QED) is 0.0346. The zero-order valence-electron chi connectivity index (χ0n) is 45.1. The van der Waals surface area contributed by atoms with Gasteiger partial charge in [0.2, 0.25) is 29.5 Å². The number of aryl methyl sites for hydroxylation is 1. The number of rotatable bonds is 17. The third kappa shape index (κ3) is 13.0. The maximum absolute atomic E-state index is 14.7. The summed E-state index contributed by atoms with van der Waals surface area (Å²) in [6.07, 6.45) is -45.4. The molecule has 6 heterocycles. The first kappa shape index (κ1) is 64.4. The minimum Gasteiger partial charge on any atom is -0.508 e. The Kier molecular flexibility index (Phi) is 19.7. The van der Waals surface area contributed by atoms with Crippen molar-refractivity contribution in [2.24, 2.45) is 0 Å². The number of phenolic OH excluding ortho intramolecular Hbond substituents is 6. The fraction of sp³-hybridized carbons (Fsp3) is 0.585. The van der Waals surface area contributed by atoms with Gasteiger partial charge in [-0.25, -0.2) is 0 Å². The summed E-state index contributed by atoms with van der Waals surface area (Å²) >= 11 is 0. The molecule has 5 aliphatic heterocycles. The van der Waals surface area contributed by atoms with Crippen molar-refractivity contribution in [2.45, 2.75) is 174 Å². The highest BCUT2D eigenvalue weighted by molar-refractivity contribution is 5.88. The Bertz CT molecular complexity index is 3050. The summed E-state index contributed by atoms with van der Waals surface area (Å²) < 4.78 is 68.9. The van der Waals surface area contributed by atoms with Gasteiger partial charge in [0.15, 0.2) is 53.7 Å². The van der Waals surface area contributed by atoms with Crippen molar-refractivity contribution in [1.82, 2.24) is 0 Å². The molecule has 0 saturated carbocycles. The van der Waals surface area contributed by atoms with E-state index in [1.165, 1.54) is 32.0 Å². The second kappa shape index (κ2) is 26.3. The molecule has 0 amide bonds. The second-order valence-corrected chi connectivity index (χ2v) is 21.2. The van der Waals surface area contributed by atoms with Gasteiger partial charge in [-0.2, -0.15) is 0 Å². The molecule has 0 spiro atoms. The summed E-state index contributed by atoms with van der Waals surface area (Å²) in [6, 6.07) is 7.05. The number of benzene rings is 3. The summed E-state index contributed by atoms with van der Waals surface area (Å²) in [5.74, 6) is -7.87. The average molecular weight is 1230 g/mol. The van der Waals surface area contributed by atoms with Crippen LogP contribution >= 0.6 is 0 Å². The fourth-order valence-electron chi connectivity index (χ4n) is 10.2. The number of phenols is 6. The molecule has 1 aromatic heterocycles. The van der Waals surface area contributed by atoms with E-state index in [-0.39, 0.29) is 12.8 Å². The molecular weight excluding hydrogens is 1160 g/mol. The van der Waals surface area contributed by atoms with E-state index in [4.69, 9.17) is 56.5 Å². The lowest BCUT2D eigenvalue weighted by atomic mass is 9.96. The number of carbonyl (C=O) groups is 1. The normalized spacial score (nSPS) is 37.7. The van der Waals surface area contributed by atoms with Gasteiger partial charge in [0.05, 0.1) is 25.4 Å². The van der Waals surface area contributed by atoms with Crippen molar-refractivity contribution in [2.75, 3.05) is 19.8 Å². The first-order valence-corrected chi connectivity index (χ1v) is 26.7. The Labute approximate surface area is 483 Å². The summed E-state index contributed by atoms with van der Waals surface area (Å²) in [7, 11) is 0. The molecule has 476 valence electrons. The van der Waals surface area contributed by atoms with E-state index in [1.807, 2.05) is 0 Å². The summed E-state index contributed by atoms with van der Waals surface area (Å²) in [5.41, 5.74) is -1.91. The smallest absolute Gasteiger partial charge is 0.306 e. The van der Waals surface area contributed by atoms with Crippen LogP contribution < -0.4 is 14.9 Å². The second-order valence-electron chi connectivity index (χ2n) is 21.2. The molecule has 24 atom stereocenters. The van der Waals surface area contributed by atoms with E-state index >= 15 is 0 Å². The summed E-state index contributed by atoms with van der Waals surface area (Å²) in [6.45, 7) is 0.203. The van der Waals surface area contributed by atoms with Gasteiger partial charge in [-0.15, -0.1) is 0 Å². The number of aromatic hydroxyl groups is 6. The highest BCUT2D eigenvalue weighted by atomic mass is 16.8. The van der Waals surface area contributed by atoms with Gasteiger partial charge in [-0.05, 0) is 50.1 Å². The minimum absolute atomic E-state index is 0.0230. The van der Waals surface area contributed by atoms with E-state index in [0.29, 0.717) is 5.56 Å². The predicted octanol–water partition coefficient (Wildman–Crippen LogP) is -5.60. The largest absolute Gasteiger partial charge is 0.508 e. The first-order valence-electron chi connectivity index (χ1n) is 26.7. The molecule has 86 heavy (non-hydrogen) atoms. The Morgan fingerprint density at radius 2 is 1.09 bits per heavy atom. The van der Waals surface area contributed by atoms with Gasteiger partial charge in [-0.3, -0.25) is 9.59 Å². The third-order valence-corrected chi connectivity index (χ3v) is 15.2. The summed E-state index contributed by atoms with van der Waals surface area (Å²) in [5, 5.41) is 204. The molecule has 33 heteroatoms. The van der Waals surface area contributed by atoms with Crippen molar-refractivity contribution >= 4 is 16.9 Å². The highest BCUT2D eigenvalue weighted by Gasteiger charge is 2.55. The Morgan fingerprint density at radius 3 is 1.76 bits per heavy atom. The van der Waals surface area contributed by atoms with Gasteiger partial charge in [0, 0.05) is 24.1 Å². The van der Waals surface area contributed by atoms with Crippen LogP contribution in [0.2, 0.25) is 0 Å². The van der Waals surface area contributed by atoms with E-state index in [9.17, 15) is 107 Å².